The standard InChI is InChI=1S/C9H15N2O5.Cu/c1-2-3-10-7(12)4-11(5-8(13)14)6-9(15)16;/h1-6H2,(H,10,12)(H,13,14)(H,15,16);/q;+2/p-2. The molecule has 0 spiro atoms. The molecule has 100 valence electrons. The van der Waals surface area contributed by atoms with Gasteiger partial charge in [-0.05, 0) is 6.42 Å². The molecular formula is C9H13CuN2O5. The molecule has 0 saturated carbocycles. The second-order valence-corrected chi connectivity index (χ2v) is 3.09. The Kier molecular flexibility index (Phi) is 10.8. The summed E-state index contributed by atoms with van der Waals surface area (Å²) in [6.45, 7) is 2.25. The van der Waals surface area contributed by atoms with E-state index in [1.165, 1.54) is 0 Å². The van der Waals surface area contributed by atoms with Gasteiger partial charge in [0, 0.05) is 19.6 Å². The predicted molar refractivity (Wildman–Crippen MR) is 49.4 cm³/mol. The van der Waals surface area contributed by atoms with Crippen LogP contribution >= 0.6 is 0 Å². The first-order chi connectivity index (χ1) is 7.45. The first-order valence-electron chi connectivity index (χ1n) is 4.63. The van der Waals surface area contributed by atoms with Crippen molar-refractivity contribution in [1.29, 1.82) is 0 Å². The van der Waals surface area contributed by atoms with Gasteiger partial charge in [0.25, 0.3) is 0 Å². The number of carboxylic acids is 2. The summed E-state index contributed by atoms with van der Waals surface area (Å²) in [4.78, 5) is 32.6. The Morgan fingerprint density at radius 1 is 1.06 bits per heavy atom. The first kappa shape index (κ1) is 18.3. The molecule has 17 heavy (non-hydrogen) atoms. The van der Waals surface area contributed by atoms with Gasteiger partial charge in [0.15, 0.2) is 0 Å². The largest absolute Gasteiger partial charge is 2.00 e. The molecular weight excluding hydrogens is 280 g/mol. The monoisotopic (exact) mass is 292 g/mol. The maximum atomic E-state index is 11.2. The molecule has 0 rings (SSSR count). The Balaban J connectivity index is 0. The zero-order chi connectivity index (χ0) is 12.6. The van der Waals surface area contributed by atoms with E-state index in [9.17, 15) is 24.6 Å². The van der Waals surface area contributed by atoms with Crippen molar-refractivity contribution in [2.75, 3.05) is 26.2 Å². The van der Waals surface area contributed by atoms with E-state index in [4.69, 9.17) is 0 Å². The molecule has 1 amide bonds. The normalized spacial score (nSPS) is 9.53. The summed E-state index contributed by atoms with van der Waals surface area (Å²) in [6.07, 6.45) is 0.493. The maximum Gasteiger partial charge on any atom is 2.00 e. The predicted octanol–water partition coefficient (Wildman–Crippen LogP) is -3.87. The Labute approximate surface area is 110 Å². The Hall–Kier alpha value is -1.11. The molecule has 0 aromatic carbocycles. The van der Waals surface area contributed by atoms with E-state index in [0.717, 1.165) is 4.90 Å². The first-order valence-corrected chi connectivity index (χ1v) is 4.63. The number of hydrogen-bond donors (Lipinski definition) is 1. The molecule has 8 heteroatoms. The van der Waals surface area contributed by atoms with Crippen LogP contribution in [0.3, 0.4) is 0 Å². The third kappa shape index (κ3) is 11.2. The number of hydrogen-bond acceptors (Lipinski definition) is 6. The minimum absolute atomic E-state index is 0. The van der Waals surface area contributed by atoms with Crippen LogP contribution in [0.2, 0.25) is 0 Å². The average Bonchev–Trinajstić information content (AvgIpc) is 2.12. The van der Waals surface area contributed by atoms with Crippen molar-refractivity contribution in [2.45, 2.75) is 6.42 Å². The number of aliphatic carboxylic acids is 2. The molecule has 0 bridgehead atoms. The number of nitrogens with zero attached hydrogens (tertiary/aromatic N) is 1. The van der Waals surface area contributed by atoms with Gasteiger partial charge in [-0.2, -0.15) is 0 Å². The summed E-state index contributed by atoms with van der Waals surface area (Å²) in [7, 11) is 0. The van der Waals surface area contributed by atoms with Gasteiger partial charge in [-0.1, -0.05) is 6.92 Å². The SMILES string of the molecule is [CH2]CCNC(=O)CN(CC(=O)[O-])CC(=O)[O-].[Cu+2]. The zero-order valence-electron chi connectivity index (χ0n) is 9.03. The van der Waals surface area contributed by atoms with Crippen molar-refractivity contribution in [3.63, 3.8) is 0 Å². The summed E-state index contributed by atoms with van der Waals surface area (Å²) < 4.78 is 0. The second kappa shape index (κ2) is 10.1. The summed E-state index contributed by atoms with van der Waals surface area (Å²) in [5.74, 6) is -3.37. The van der Waals surface area contributed by atoms with Gasteiger partial charge in [-0.3, -0.25) is 9.69 Å². The third-order valence-corrected chi connectivity index (χ3v) is 1.57. The van der Waals surface area contributed by atoms with Crippen LogP contribution in [0.5, 0.6) is 0 Å². The molecule has 0 fully saturated rings. The Morgan fingerprint density at radius 3 is 1.88 bits per heavy atom. The summed E-state index contributed by atoms with van der Waals surface area (Å²) >= 11 is 0. The van der Waals surface area contributed by atoms with Crippen LogP contribution in [-0.4, -0.2) is 48.9 Å². The number of carbonyl (C=O) groups excluding carboxylic acids is 3. The van der Waals surface area contributed by atoms with Crippen LogP contribution in [0.4, 0.5) is 0 Å². The van der Waals surface area contributed by atoms with Crippen molar-refractivity contribution >= 4 is 17.8 Å². The van der Waals surface area contributed by atoms with Gasteiger partial charge in [-0.25, -0.2) is 0 Å². The number of rotatable bonds is 8. The fourth-order valence-corrected chi connectivity index (χ4v) is 1.02. The molecule has 0 heterocycles. The van der Waals surface area contributed by atoms with E-state index in [-0.39, 0.29) is 23.6 Å². The van der Waals surface area contributed by atoms with Gasteiger partial charge in [0.1, 0.15) is 0 Å². The van der Waals surface area contributed by atoms with E-state index in [2.05, 4.69) is 12.2 Å². The smallest absolute Gasteiger partial charge is 0.549 e. The fraction of sp³-hybridized carbons (Fsp3) is 0.556. The van der Waals surface area contributed by atoms with Gasteiger partial charge >= 0.3 is 17.1 Å². The van der Waals surface area contributed by atoms with Gasteiger partial charge < -0.3 is 25.1 Å². The quantitative estimate of drug-likeness (QED) is 0.458. The Bertz CT molecular complexity index is 256. The molecule has 2 radical (unpaired) electrons. The number of amides is 1. The van der Waals surface area contributed by atoms with Crippen molar-refractivity contribution in [2.24, 2.45) is 0 Å². The van der Waals surface area contributed by atoms with Gasteiger partial charge in [0.05, 0.1) is 18.5 Å². The van der Waals surface area contributed by atoms with E-state index >= 15 is 0 Å². The molecule has 0 aliphatic rings. The topological polar surface area (TPSA) is 113 Å². The van der Waals surface area contributed by atoms with Crippen LogP contribution < -0.4 is 15.5 Å². The minimum atomic E-state index is -1.45. The molecule has 0 unspecified atom stereocenters. The molecule has 7 nitrogen and oxygen atoms in total. The zero-order valence-corrected chi connectivity index (χ0v) is 9.97. The average molecular weight is 293 g/mol. The Morgan fingerprint density at radius 2 is 1.53 bits per heavy atom. The summed E-state index contributed by atoms with van der Waals surface area (Å²) in [5, 5.41) is 23.0. The van der Waals surface area contributed by atoms with Crippen LogP contribution in [0.25, 0.3) is 0 Å². The molecule has 0 saturated heterocycles. The summed E-state index contributed by atoms with van der Waals surface area (Å²) in [5.41, 5.74) is 0. The number of nitrogens with one attached hydrogen (secondary N) is 1. The van der Waals surface area contributed by atoms with Gasteiger partial charge in [-0.15, -0.1) is 0 Å². The van der Waals surface area contributed by atoms with Crippen LogP contribution in [-0.2, 0) is 31.5 Å². The minimum Gasteiger partial charge on any atom is -0.549 e. The third-order valence-electron chi connectivity index (χ3n) is 1.57. The van der Waals surface area contributed by atoms with Crippen molar-refractivity contribution in [1.82, 2.24) is 10.2 Å². The van der Waals surface area contributed by atoms with E-state index in [0.29, 0.717) is 13.0 Å². The van der Waals surface area contributed by atoms with E-state index in [1.807, 2.05) is 0 Å². The van der Waals surface area contributed by atoms with Crippen LogP contribution in [0.1, 0.15) is 6.42 Å². The van der Waals surface area contributed by atoms with Crippen molar-refractivity contribution in [3.8, 4) is 0 Å². The maximum absolute atomic E-state index is 11.2. The summed E-state index contributed by atoms with van der Waals surface area (Å²) in [6, 6.07) is 0. The molecule has 0 aliphatic heterocycles. The second-order valence-electron chi connectivity index (χ2n) is 3.09. The number of carbonyl (C=O) groups is 3. The van der Waals surface area contributed by atoms with Crippen molar-refractivity contribution < 1.29 is 41.7 Å². The number of carboxylic acid groups (broad SMARTS) is 2. The molecule has 0 atom stereocenters. The molecule has 0 aromatic rings. The fourth-order valence-electron chi connectivity index (χ4n) is 1.02. The molecule has 1 N–H and O–H groups in total. The van der Waals surface area contributed by atoms with Crippen LogP contribution in [0.15, 0.2) is 0 Å². The van der Waals surface area contributed by atoms with E-state index < -0.39 is 30.9 Å². The van der Waals surface area contributed by atoms with Crippen LogP contribution in [0, 0.1) is 6.92 Å². The van der Waals surface area contributed by atoms with Gasteiger partial charge in [0.2, 0.25) is 5.91 Å². The molecule has 0 aromatic heterocycles. The van der Waals surface area contributed by atoms with E-state index in [1.54, 1.807) is 0 Å². The van der Waals surface area contributed by atoms with Crippen molar-refractivity contribution in [3.05, 3.63) is 6.92 Å². The molecule has 0 aliphatic carbocycles.